The molecule has 3 fully saturated rings. The van der Waals surface area contributed by atoms with E-state index in [-0.39, 0.29) is 6.41 Å². The highest BCUT2D eigenvalue weighted by Gasteiger charge is 2.59. The standard InChI is InChI=1S/C25H41N3O16/c1-8(30)14(26-7-29)20-15(27-10(3)31)12(33)5-25(43-20,24(38)39)44-21-16(28-11(4)32)23(41-9(2)17(21)34)42-13-6-40-22(37)19(36)18(13)35/h7-9,12-23,30,33-37H,5-6H2,1-4H3,(H,26,29)(H,27,31)(H,28,32)(H,38,39)/t8-,9+,12-,13+,14-,15-,16+,17-,18-,19+,20-,21+,22+,23-,25+/m0/s1. The summed E-state index contributed by atoms with van der Waals surface area (Å²) in [5, 5.41) is 80.1. The summed E-state index contributed by atoms with van der Waals surface area (Å²) in [4.78, 5) is 48.3. The van der Waals surface area contributed by atoms with Crippen LogP contribution in [-0.2, 0) is 42.9 Å². The summed E-state index contributed by atoms with van der Waals surface area (Å²) < 4.78 is 28.2. The second kappa shape index (κ2) is 14.7. The molecule has 3 aliphatic heterocycles. The Balaban J connectivity index is 2.01. The molecule has 0 aromatic rings. The maximum absolute atomic E-state index is 12.8. The third-order valence-electron chi connectivity index (χ3n) is 7.68. The molecule has 0 bridgehead atoms. The topological polar surface area (TPSA) is 292 Å². The van der Waals surface area contributed by atoms with E-state index in [0.717, 1.165) is 13.8 Å². The van der Waals surface area contributed by atoms with Gasteiger partial charge in [-0.05, 0) is 13.8 Å². The first-order valence-corrected chi connectivity index (χ1v) is 13.9. The van der Waals surface area contributed by atoms with Gasteiger partial charge in [-0.15, -0.1) is 0 Å². The summed E-state index contributed by atoms with van der Waals surface area (Å²) in [6.07, 6.45) is -18.0. The number of hydrogen-bond donors (Lipinski definition) is 10. The third-order valence-corrected chi connectivity index (χ3v) is 7.68. The first-order chi connectivity index (χ1) is 20.5. The average molecular weight is 640 g/mol. The van der Waals surface area contributed by atoms with E-state index in [1.165, 1.54) is 13.8 Å². The zero-order chi connectivity index (χ0) is 33.1. The maximum atomic E-state index is 12.8. The minimum absolute atomic E-state index is 0.202. The lowest BCUT2D eigenvalue weighted by Crippen LogP contribution is -2.72. The molecular weight excluding hydrogens is 598 g/mol. The van der Waals surface area contributed by atoms with Crippen molar-refractivity contribution in [3.05, 3.63) is 0 Å². The lowest BCUT2D eigenvalue weighted by molar-refractivity contribution is -0.358. The fourth-order valence-corrected chi connectivity index (χ4v) is 5.47. The van der Waals surface area contributed by atoms with Crippen LogP contribution in [0.4, 0.5) is 0 Å². The third kappa shape index (κ3) is 7.80. The molecule has 19 nitrogen and oxygen atoms in total. The van der Waals surface area contributed by atoms with E-state index in [2.05, 4.69) is 16.0 Å². The van der Waals surface area contributed by atoms with Crippen LogP contribution in [0.5, 0.6) is 0 Å². The normalized spacial score (nSPS) is 42.4. The van der Waals surface area contributed by atoms with Gasteiger partial charge in [0, 0.05) is 20.3 Å². The highest BCUT2D eigenvalue weighted by molar-refractivity contribution is 5.77. The zero-order valence-electron chi connectivity index (χ0n) is 24.4. The van der Waals surface area contributed by atoms with Crippen LogP contribution in [0.25, 0.3) is 0 Å². The molecular formula is C25H41N3O16. The average Bonchev–Trinajstić information content (AvgIpc) is 2.93. The molecule has 0 aromatic heterocycles. The van der Waals surface area contributed by atoms with Crippen molar-refractivity contribution in [3.8, 4) is 0 Å². The van der Waals surface area contributed by atoms with Gasteiger partial charge in [-0.2, -0.15) is 0 Å². The van der Waals surface area contributed by atoms with Crippen molar-refractivity contribution in [1.29, 1.82) is 0 Å². The van der Waals surface area contributed by atoms with E-state index in [4.69, 9.17) is 23.7 Å². The molecule has 19 heteroatoms. The molecule has 3 heterocycles. The second-order valence-corrected chi connectivity index (χ2v) is 11.1. The van der Waals surface area contributed by atoms with E-state index < -0.39 is 122 Å². The van der Waals surface area contributed by atoms with Crippen LogP contribution in [0.3, 0.4) is 0 Å². The number of carbonyl (C=O) groups excluding carboxylic acids is 3. The van der Waals surface area contributed by atoms with E-state index in [1.54, 1.807) is 0 Å². The van der Waals surface area contributed by atoms with E-state index in [9.17, 15) is 54.9 Å². The quantitative estimate of drug-likeness (QED) is 0.0943. The van der Waals surface area contributed by atoms with Crippen LogP contribution in [-0.4, -0.2) is 158 Å². The number of carboxylic acids is 1. The van der Waals surface area contributed by atoms with Gasteiger partial charge in [0.15, 0.2) is 12.6 Å². The van der Waals surface area contributed by atoms with E-state index in [1.807, 2.05) is 0 Å². The predicted octanol–water partition coefficient (Wildman–Crippen LogP) is -5.63. The predicted molar refractivity (Wildman–Crippen MR) is 140 cm³/mol. The number of rotatable bonds is 11. The number of aliphatic hydroxyl groups excluding tert-OH is 6. The van der Waals surface area contributed by atoms with Gasteiger partial charge in [-0.3, -0.25) is 14.4 Å². The number of carboxylic acid groups (broad SMARTS) is 1. The fraction of sp³-hybridized carbons (Fsp3) is 0.840. The summed E-state index contributed by atoms with van der Waals surface area (Å²) >= 11 is 0. The minimum Gasteiger partial charge on any atom is -0.477 e. The highest BCUT2D eigenvalue weighted by Crippen LogP contribution is 2.38. The summed E-state index contributed by atoms with van der Waals surface area (Å²) in [5.74, 6) is -5.97. The second-order valence-electron chi connectivity index (χ2n) is 11.1. The van der Waals surface area contributed by atoms with E-state index >= 15 is 0 Å². The number of carbonyl (C=O) groups is 4. The van der Waals surface area contributed by atoms with Crippen molar-refractivity contribution in [1.82, 2.24) is 16.0 Å². The Bertz CT molecular complexity index is 1040. The van der Waals surface area contributed by atoms with Gasteiger partial charge in [0.25, 0.3) is 5.79 Å². The molecule has 3 rings (SSSR count). The number of ether oxygens (including phenoxy) is 5. The summed E-state index contributed by atoms with van der Waals surface area (Å²) in [7, 11) is 0. The van der Waals surface area contributed by atoms with Crippen LogP contribution in [0.2, 0.25) is 0 Å². The van der Waals surface area contributed by atoms with Crippen molar-refractivity contribution in [2.24, 2.45) is 0 Å². The molecule has 44 heavy (non-hydrogen) atoms. The molecule has 0 aromatic carbocycles. The van der Waals surface area contributed by atoms with Crippen molar-refractivity contribution < 1.29 is 78.6 Å². The number of aliphatic hydroxyl groups is 6. The first kappa shape index (κ1) is 35.9. The number of hydrogen-bond acceptors (Lipinski definition) is 15. The van der Waals surface area contributed by atoms with Crippen molar-refractivity contribution in [2.75, 3.05) is 6.61 Å². The largest absolute Gasteiger partial charge is 0.477 e. The van der Waals surface area contributed by atoms with Gasteiger partial charge < -0.3 is 75.4 Å². The summed E-state index contributed by atoms with van der Waals surface area (Å²) in [5.41, 5.74) is 0. The van der Waals surface area contributed by atoms with Crippen molar-refractivity contribution >= 4 is 24.2 Å². The van der Waals surface area contributed by atoms with Gasteiger partial charge in [0.05, 0.1) is 37.0 Å². The molecule has 0 radical (unpaired) electrons. The Kier molecular flexibility index (Phi) is 12.0. The van der Waals surface area contributed by atoms with Gasteiger partial charge in [0.1, 0.15) is 42.7 Å². The molecule has 0 aliphatic carbocycles. The Labute approximate surface area is 251 Å². The first-order valence-electron chi connectivity index (χ1n) is 13.9. The molecule has 10 N–H and O–H groups in total. The molecule has 0 saturated carbocycles. The molecule has 252 valence electrons. The molecule has 15 atom stereocenters. The van der Waals surface area contributed by atoms with Crippen LogP contribution in [0, 0.1) is 0 Å². The minimum atomic E-state index is -2.81. The Hall–Kier alpha value is -2.56. The molecule has 0 spiro atoms. The van der Waals surface area contributed by atoms with Crippen molar-refractivity contribution in [2.45, 2.75) is 126 Å². The number of nitrogens with one attached hydrogen (secondary N) is 3. The molecule has 0 unspecified atom stereocenters. The Morgan fingerprint density at radius 2 is 1.61 bits per heavy atom. The number of amides is 3. The lowest BCUT2D eigenvalue weighted by Gasteiger charge is -2.51. The van der Waals surface area contributed by atoms with Gasteiger partial charge >= 0.3 is 5.97 Å². The molecule has 3 amide bonds. The summed E-state index contributed by atoms with van der Waals surface area (Å²) in [6, 6.07) is -4.23. The van der Waals surface area contributed by atoms with Gasteiger partial charge in [-0.25, -0.2) is 4.79 Å². The van der Waals surface area contributed by atoms with E-state index in [0.29, 0.717) is 0 Å². The molecule has 3 aliphatic rings. The molecule has 3 saturated heterocycles. The van der Waals surface area contributed by atoms with Crippen molar-refractivity contribution in [3.63, 3.8) is 0 Å². The Morgan fingerprint density at radius 1 is 1.00 bits per heavy atom. The smallest absolute Gasteiger partial charge is 0.364 e. The van der Waals surface area contributed by atoms with Gasteiger partial charge in [-0.1, -0.05) is 0 Å². The van der Waals surface area contributed by atoms with Crippen LogP contribution in [0.15, 0.2) is 0 Å². The fourth-order valence-electron chi connectivity index (χ4n) is 5.47. The van der Waals surface area contributed by atoms with Crippen LogP contribution in [0.1, 0.15) is 34.1 Å². The van der Waals surface area contributed by atoms with Crippen LogP contribution >= 0.6 is 0 Å². The number of aliphatic carboxylic acids is 1. The summed E-state index contributed by atoms with van der Waals surface area (Å²) in [6.45, 7) is 4.40. The van der Waals surface area contributed by atoms with Crippen LogP contribution < -0.4 is 16.0 Å². The van der Waals surface area contributed by atoms with Gasteiger partial charge in [0.2, 0.25) is 18.2 Å². The monoisotopic (exact) mass is 639 g/mol. The SMILES string of the molecule is CC(=O)N[C@@H]1[C@H]([C@@H](NC=O)[C@H](C)O)O[C@](O[C@H]2[C@@H](O)[C@@H](C)O[C@@H](O[C@@H]3CO[C@@H](O)[C@H](O)[C@H]3O)[C@@H]2NC(C)=O)(C(=O)O)C[C@@H]1O. The Morgan fingerprint density at radius 3 is 2.16 bits per heavy atom. The zero-order valence-corrected chi connectivity index (χ0v) is 24.4. The maximum Gasteiger partial charge on any atom is 0.364 e. The lowest BCUT2D eigenvalue weighted by atomic mass is 9.87. The highest BCUT2D eigenvalue weighted by atomic mass is 16.7.